The van der Waals surface area contributed by atoms with Crippen LogP contribution in [0.15, 0.2) is 4.99 Å². The van der Waals surface area contributed by atoms with Crippen LogP contribution in [0.2, 0.25) is 0 Å². The zero-order chi connectivity index (χ0) is 12.2. The average Bonchev–Trinajstić information content (AvgIpc) is 2.00. The summed E-state index contributed by atoms with van der Waals surface area (Å²) in [5, 5.41) is 0. The summed E-state index contributed by atoms with van der Waals surface area (Å²) < 4.78 is 4.47. The van der Waals surface area contributed by atoms with Crippen LogP contribution < -0.4 is 0 Å². The van der Waals surface area contributed by atoms with Gasteiger partial charge >= 0.3 is 0 Å². The fourth-order valence-corrected chi connectivity index (χ4v) is 3.42. The molecule has 0 spiro atoms. The van der Waals surface area contributed by atoms with Crippen LogP contribution in [-0.2, 0) is 0 Å². The van der Waals surface area contributed by atoms with Gasteiger partial charge in [0.25, 0.3) is 0 Å². The summed E-state index contributed by atoms with van der Waals surface area (Å²) in [5.41, 5.74) is 1.16. The molecular weight excluding hydrogens is 207 g/mol. The molecule has 0 saturated heterocycles. The topological polar surface area (TPSA) is 22.1 Å². The fraction of sp³-hybridized carbons (Fsp3) is 0.900. The van der Waals surface area contributed by atoms with E-state index in [1.165, 1.54) is 0 Å². The summed E-state index contributed by atoms with van der Waals surface area (Å²) >= 11 is 0. The van der Waals surface area contributed by atoms with E-state index >= 15 is 0 Å². The van der Waals surface area contributed by atoms with Crippen molar-refractivity contribution in [2.75, 3.05) is 42.3 Å². The van der Waals surface area contributed by atoms with Gasteiger partial charge in [-0.1, -0.05) is 0 Å². The molecule has 90 valence electrons. The summed E-state index contributed by atoms with van der Waals surface area (Å²) in [7, 11) is 12.1. The van der Waals surface area contributed by atoms with Gasteiger partial charge in [-0.3, -0.25) is 14.3 Å². The highest BCUT2D eigenvalue weighted by atomic mass is 31.1. The van der Waals surface area contributed by atoms with E-state index in [9.17, 15) is 0 Å². The van der Waals surface area contributed by atoms with Gasteiger partial charge in [-0.2, -0.15) is 0 Å². The van der Waals surface area contributed by atoms with Gasteiger partial charge in [0.1, 0.15) is 8.22 Å². The molecule has 0 rings (SSSR count). The van der Waals surface area contributed by atoms with Crippen LogP contribution in [0.25, 0.3) is 0 Å². The summed E-state index contributed by atoms with van der Waals surface area (Å²) in [6.45, 7) is 4.23. The molecule has 0 aliphatic carbocycles. The Hall–Kier alpha value is -0.180. The Kier molecular flexibility index (Phi) is 6.34. The van der Waals surface area contributed by atoms with Crippen molar-refractivity contribution in [1.82, 2.24) is 14.2 Å². The van der Waals surface area contributed by atoms with E-state index in [1.807, 2.05) is 0 Å². The van der Waals surface area contributed by atoms with Crippen molar-refractivity contribution in [2.24, 2.45) is 4.99 Å². The third kappa shape index (κ3) is 4.92. The van der Waals surface area contributed by atoms with E-state index in [0.717, 1.165) is 5.58 Å². The second kappa shape index (κ2) is 6.41. The highest BCUT2D eigenvalue weighted by Crippen LogP contribution is 2.42. The summed E-state index contributed by atoms with van der Waals surface area (Å²) in [6, 6.07) is 0.340. The highest BCUT2D eigenvalue weighted by Gasteiger charge is 2.23. The third-order valence-corrected chi connectivity index (χ3v) is 4.10. The minimum Gasteiger partial charge on any atom is -0.361 e. The van der Waals surface area contributed by atoms with E-state index in [2.05, 4.69) is 70.4 Å². The van der Waals surface area contributed by atoms with Crippen LogP contribution in [0, 0.1) is 0 Å². The molecule has 0 bridgehead atoms. The lowest BCUT2D eigenvalue weighted by atomic mass is 10.4. The monoisotopic (exact) mass is 232 g/mol. The molecule has 0 aromatic rings. The molecule has 0 aromatic heterocycles. The molecule has 4 nitrogen and oxygen atoms in total. The van der Waals surface area contributed by atoms with E-state index < -0.39 is 8.22 Å². The Morgan fingerprint density at radius 1 is 0.933 bits per heavy atom. The second-order valence-corrected chi connectivity index (χ2v) is 6.98. The standard InChI is InChI=1S/C10H25N4P/c1-9(2)11-10(12(3)4)15(13(5)6)14(7)8/h9H,1-8H3. The second-order valence-electron chi connectivity index (χ2n) is 4.40. The van der Waals surface area contributed by atoms with E-state index in [-0.39, 0.29) is 0 Å². The fourth-order valence-electron chi connectivity index (χ4n) is 1.29. The maximum atomic E-state index is 4.71. The van der Waals surface area contributed by atoms with Crippen molar-refractivity contribution < 1.29 is 0 Å². The first-order valence-corrected chi connectivity index (χ1v) is 6.41. The lowest BCUT2D eigenvalue weighted by Crippen LogP contribution is -2.31. The number of nitrogens with zero attached hydrogens (tertiary/aromatic N) is 4. The molecular formula is C10H25N4P. The number of hydrogen-bond donors (Lipinski definition) is 0. The van der Waals surface area contributed by atoms with Gasteiger partial charge < -0.3 is 4.90 Å². The Bertz CT molecular complexity index is 203. The molecule has 0 aliphatic heterocycles. The maximum Gasteiger partial charge on any atom is 0.153 e. The van der Waals surface area contributed by atoms with Crippen molar-refractivity contribution >= 4 is 13.8 Å². The smallest absolute Gasteiger partial charge is 0.153 e. The number of amidine groups is 1. The van der Waals surface area contributed by atoms with Crippen molar-refractivity contribution in [2.45, 2.75) is 19.9 Å². The summed E-state index contributed by atoms with van der Waals surface area (Å²) in [6.07, 6.45) is 0. The predicted octanol–water partition coefficient (Wildman–Crippen LogP) is 1.75. The molecule has 0 heterocycles. The molecule has 15 heavy (non-hydrogen) atoms. The molecule has 0 amide bonds. The van der Waals surface area contributed by atoms with Crippen LogP contribution in [0.3, 0.4) is 0 Å². The van der Waals surface area contributed by atoms with Crippen LogP contribution in [0.4, 0.5) is 0 Å². The van der Waals surface area contributed by atoms with Crippen LogP contribution in [0.5, 0.6) is 0 Å². The third-order valence-electron chi connectivity index (χ3n) is 1.71. The minimum atomic E-state index is -0.471. The van der Waals surface area contributed by atoms with Crippen LogP contribution >= 0.6 is 8.22 Å². The molecule has 0 fully saturated rings. The van der Waals surface area contributed by atoms with E-state index in [4.69, 9.17) is 4.99 Å². The van der Waals surface area contributed by atoms with Gasteiger partial charge in [-0.25, -0.2) is 0 Å². The SMILES string of the molecule is CC(C)N=C(N(C)C)P(N(C)C)N(C)C. The number of aliphatic imine (C=N–C) groups is 1. The predicted molar refractivity (Wildman–Crippen MR) is 70.6 cm³/mol. The first kappa shape index (κ1) is 14.8. The zero-order valence-electron chi connectivity index (χ0n) is 11.3. The van der Waals surface area contributed by atoms with Gasteiger partial charge in [0.05, 0.1) is 0 Å². The van der Waals surface area contributed by atoms with Crippen molar-refractivity contribution in [3.63, 3.8) is 0 Å². The molecule has 0 saturated carbocycles. The quantitative estimate of drug-likeness (QED) is 0.419. The molecule has 0 atom stereocenters. The Balaban J connectivity index is 5.02. The first-order chi connectivity index (χ1) is 6.77. The summed E-state index contributed by atoms with van der Waals surface area (Å²) in [5.74, 6) is 0. The molecule has 0 N–H and O–H groups in total. The van der Waals surface area contributed by atoms with E-state index in [1.54, 1.807) is 0 Å². The van der Waals surface area contributed by atoms with E-state index in [0.29, 0.717) is 6.04 Å². The normalized spacial score (nSPS) is 13.5. The lowest BCUT2D eigenvalue weighted by molar-refractivity contribution is 0.564. The maximum absolute atomic E-state index is 4.71. The van der Waals surface area contributed by atoms with Gasteiger partial charge in [0, 0.05) is 20.1 Å². The molecule has 0 radical (unpaired) electrons. The summed E-state index contributed by atoms with van der Waals surface area (Å²) in [4.78, 5) is 6.82. The van der Waals surface area contributed by atoms with Gasteiger partial charge in [-0.05, 0) is 42.0 Å². The number of rotatable bonds is 4. The lowest BCUT2D eigenvalue weighted by Gasteiger charge is -2.34. The molecule has 5 heteroatoms. The minimum absolute atomic E-state index is 0.340. The van der Waals surface area contributed by atoms with Gasteiger partial charge in [0.2, 0.25) is 0 Å². The Morgan fingerprint density at radius 3 is 1.53 bits per heavy atom. The number of hydrogen-bond acceptors (Lipinski definition) is 3. The Labute approximate surface area is 95.8 Å². The van der Waals surface area contributed by atoms with Gasteiger partial charge in [0.15, 0.2) is 5.58 Å². The van der Waals surface area contributed by atoms with Crippen LogP contribution in [0.1, 0.15) is 13.8 Å². The van der Waals surface area contributed by atoms with Crippen molar-refractivity contribution in [1.29, 1.82) is 0 Å². The van der Waals surface area contributed by atoms with Crippen molar-refractivity contribution in [3.8, 4) is 0 Å². The van der Waals surface area contributed by atoms with Gasteiger partial charge in [-0.15, -0.1) is 0 Å². The molecule has 0 aliphatic rings. The highest BCUT2D eigenvalue weighted by molar-refractivity contribution is 7.70. The van der Waals surface area contributed by atoms with Crippen molar-refractivity contribution in [3.05, 3.63) is 0 Å². The molecule has 0 aromatic carbocycles. The zero-order valence-corrected chi connectivity index (χ0v) is 12.2. The average molecular weight is 232 g/mol. The largest absolute Gasteiger partial charge is 0.361 e. The van der Waals surface area contributed by atoms with Crippen LogP contribution in [-0.4, -0.2) is 68.1 Å². The Morgan fingerprint density at radius 2 is 1.33 bits per heavy atom. The first-order valence-electron chi connectivity index (χ1n) is 5.17. The molecule has 0 unspecified atom stereocenters.